The van der Waals surface area contributed by atoms with E-state index in [2.05, 4.69) is 9.84 Å². The summed E-state index contributed by atoms with van der Waals surface area (Å²) in [6, 6.07) is 0. The molecule has 7 nitrogen and oxygen atoms in total. The number of rotatable bonds is 3. The molecule has 0 aliphatic heterocycles. The first-order chi connectivity index (χ1) is 6.85. The van der Waals surface area contributed by atoms with Gasteiger partial charge in [-0.05, 0) is 0 Å². The Morgan fingerprint density at radius 3 is 2.73 bits per heavy atom. The summed E-state index contributed by atoms with van der Waals surface area (Å²) in [6.45, 7) is 0. The number of carbonyl (C=O) groups excluding carboxylic acids is 1. The third-order valence-electron chi connectivity index (χ3n) is 1.80. The Morgan fingerprint density at radius 2 is 2.27 bits per heavy atom. The van der Waals surface area contributed by atoms with Gasteiger partial charge in [-0.1, -0.05) is 0 Å². The topological polar surface area (TPSA) is 104 Å². The summed E-state index contributed by atoms with van der Waals surface area (Å²) < 4.78 is 27.5. The van der Waals surface area contributed by atoms with Crippen LogP contribution in [0.4, 0.5) is 0 Å². The van der Waals surface area contributed by atoms with E-state index in [4.69, 9.17) is 5.14 Å². The van der Waals surface area contributed by atoms with Gasteiger partial charge in [0.05, 0.1) is 19.0 Å². The van der Waals surface area contributed by atoms with Crippen LogP contribution in [0.2, 0.25) is 0 Å². The number of hydrogen-bond donors (Lipinski definition) is 1. The van der Waals surface area contributed by atoms with E-state index in [-0.39, 0.29) is 11.3 Å². The third kappa shape index (κ3) is 2.77. The SMILES string of the molecule is COC(=O)c1cnn(C)c1CS(N)(=O)=O. The molecule has 0 fully saturated rings. The molecule has 2 N–H and O–H groups in total. The molecule has 0 atom stereocenters. The Balaban J connectivity index is 3.16. The first-order valence-corrected chi connectivity index (χ1v) is 5.66. The van der Waals surface area contributed by atoms with Gasteiger partial charge >= 0.3 is 5.97 Å². The fourth-order valence-electron chi connectivity index (χ4n) is 1.11. The van der Waals surface area contributed by atoms with Gasteiger partial charge in [0.25, 0.3) is 0 Å². The van der Waals surface area contributed by atoms with E-state index >= 15 is 0 Å². The van der Waals surface area contributed by atoms with Crippen LogP contribution in [0.25, 0.3) is 0 Å². The molecular weight excluding hydrogens is 222 g/mol. The summed E-state index contributed by atoms with van der Waals surface area (Å²) in [7, 11) is -0.977. The van der Waals surface area contributed by atoms with E-state index < -0.39 is 21.7 Å². The highest BCUT2D eigenvalue weighted by atomic mass is 32.2. The number of carbonyl (C=O) groups is 1. The molecule has 1 aromatic heterocycles. The molecule has 15 heavy (non-hydrogen) atoms. The molecule has 1 heterocycles. The van der Waals surface area contributed by atoms with Gasteiger partial charge in [0.15, 0.2) is 0 Å². The molecule has 1 aromatic rings. The number of primary sulfonamides is 1. The Morgan fingerprint density at radius 1 is 1.67 bits per heavy atom. The molecule has 8 heteroatoms. The van der Waals surface area contributed by atoms with Gasteiger partial charge in [0.2, 0.25) is 10.0 Å². The Kier molecular flexibility index (Phi) is 3.10. The highest BCUT2D eigenvalue weighted by Gasteiger charge is 2.20. The molecule has 0 aliphatic carbocycles. The van der Waals surface area contributed by atoms with Crippen molar-refractivity contribution in [3.63, 3.8) is 0 Å². The lowest BCUT2D eigenvalue weighted by atomic mass is 10.3. The smallest absolute Gasteiger partial charge is 0.341 e. The second-order valence-electron chi connectivity index (χ2n) is 2.93. The van der Waals surface area contributed by atoms with Crippen LogP contribution in [0, 0.1) is 0 Å². The zero-order chi connectivity index (χ0) is 11.6. The maximum Gasteiger partial charge on any atom is 0.341 e. The average molecular weight is 233 g/mol. The van der Waals surface area contributed by atoms with E-state index in [1.807, 2.05) is 0 Å². The van der Waals surface area contributed by atoms with Crippen molar-refractivity contribution in [1.82, 2.24) is 9.78 Å². The van der Waals surface area contributed by atoms with Crippen molar-refractivity contribution < 1.29 is 17.9 Å². The fraction of sp³-hybridized carbons (Fsp3) is 0.429. The lowest BCUT2D eigenvalue weighted by Crippen LogP contribution is -2.18. The molecule has 0 amide bonds. The van der Waals surface area contributed by atoms with Crippen molar-refractivity contribution in [3.05, 3.63) is 17.5 Å². The first kappa shape index (κ1) is 11.7. The molecule has 0 saturated carbocycles. The van der Waals surface area contributed by atoms with Crippen LogP contribution < -0.4 is 5.14 Å². The summed E-state index contributed by atoms with van der Waals surface area (Å²) >= 11 is 0. The van der Waals surface area contributed by atoms with Crippen molar-refractivity contribution in [2.75, 3.05) is 7.11 Å². The standard InChI is InChI=1S/C7H11N3O4S/c1-10-6(4-15(8,12)13)5(3-9-10)7(11)14-2/h3H,4H2,1-2H3,(H2,8,12,13). The van der Waals surface area contributed by atoms with E-state index in [0.29, 0.717) is 0 Å². The van der Waals surface area contributed by atoms with Gasteiger partial charge < -0.3 is 4.74 Å². The zero-order valence-corrected chi connectivity index (χ0v) is 9.11. The van der Waals surface area contributed by atoms with Gasteiger partial charge in [0.1, 0.15) is 11.3 Å². The number of ether oxygens (including phenoxy) is 1. The van der Waals surface area contributed by atoms with Crippen LogP contribution in [-0.4, -0.2) is 31.3 Å². The minimum Gasteiger partial charge on any atom is -0.465 e. The van der Waals surface area contributed by atoms with Crippen molar-refractivity contribution >= 4 is 16.0 Å². The quantitative estimate of drug-likeness (QED) is 0.674. The highest BCUT2D eigenvalue weighted by molar-refractivity contribution is 7.88. The largest absolute Gasteiger partial charge is 0.465 e. The molecule has 0 spiro atoms. The van der Waals surface area contributed by atoms with Crippen LogP contribution in [0.5, 0.6) is 0 Å². The number of aromatic nitrogens is 2. The van der Waals surface area contributed by atoms with Gasteiger partial charge in [-0.3, -0.25) is 4.68 Å². The van der Waals surface area contributed by atoms with E-state index in [9.17, 15) is 13.2 Å². The van der Waals surface area contributed by atoms with Crippen molar-refractivity contribution in [1.29, 1.82) is 0 Å². The summed E-state index contributed by atoms with van der Waals surface area (Å²) in [5.41, 5.74) is 0.318. The summed E-state index contributed by atoms with van der Waals surface area (Å²) in [4.78, 5) is 11.2. The number of esters is 1. The number of nitrogens with zero attached hydrogens (tertiary/aromatic N) is 2. The molecule has 0 unspecified atom stereocenters. The van der Waals surface area contributed by atoms with Gasteiger partial charge in [-0.25, -0.2) is 18.4 Å². The second-order valence-corrected chi connectivity index (χ2v) is 4.54. The number of methoxy groups -OCH3 is 1. The second kappa shape index (κ2) is 3.99. The molecule has 0 aromatic carbocycles. The zero-order valence-electron chi connectivity index (χ0n) is 8.30. The molecule has 1 rings (SSSR count). The molecule has 84 valence electrons. The normalized spacial score (nSPS) is 11.4. The fourth-order valence-corrected chi connectivity index (χ4v) is 1.83. The van der Waals surface area contributed by atoms with Gasteiger partial charge in [-0.2, -0.15) is 5.10 Å². The summed E-state index contributed by atoms with van der Waals surface area (Å²) in [5, 5.41) is 8.65. The number of nitrogens with two attached hydrogens (primary N) is 1. The molecule has 0 radical (unpaired) electrons. The Bertz CT molecular complexity index is 476. The van der Waals surface area contributed by atoms with Crippen molar-refractivity contribution in [3.8, 4) is 0 Å². The van der Waals surface area contributed by atoms with E-state index in [0.717, 1.165) is 0 Å². The summed E-state index contributed by atoms with van der Waals surface area (Å²) in [5.74, 6) is -1.09. The van der Waals surface area contributed by atoms with E-state index in [1.54, 1.807) is 0 Å². The summed E-state index contributed by atoms with van der Waals surface area (Å²) in [6.07, 6.45) is 1.24. The Labute approximate surface area is 86.9 Å². The minimum absolute atomic E-state index is 0.106. The van der Waals surface area contributed by atoms with Crippen LogP contribution in [0.3, 0.4) is 0 Å². The lowest BCUT2D eigenvalue weighted by molar-refractivity contribution is 0.0599. The number of aryl methyl sites for hydroxylation is 1. The highest BCUT2D eigenvalue weighted by Crippen LogP contribution is 2.11. The average Bonchev–Trinajstić information content (AvgIpc) is 2.45. The molecule has 0 bridgehead atoms. The minimum atomic E-state index is -3.70. The lowest BCUT2D eigenvalue weighted by Gasteiger charge is -2.03. The van der Waals surface area contributed by atoms with Gasteiger partial charge in [0, 0.05) is 7.05 Å². The molecule has 0 aliphatic rings. The number of sulfonamides is 1. The van der Waals surface area contributed by atoms with Crippen molar-refractivity contribution in [2.45, 2.75) is 5.75 Å². The van der Waals surface area contributed by atoms with E-state index in [1.165, 1.54) is 25.0 Å². The molecule has 0 saturated heterocycles. The monoisotopic (exact) mass is 233 g/mol. The van der Waals surface area contributed by atoms with Crippen LogP contribution in [0.15, 0.2) is 6.20 Å². The third-order valence-corrected chi connectivity index (χ3v) is 2.48. The first-order valence-electron chi connectivity index (χ1n) is 3.95. The number of hydrogen-bond acceptors (Lipinski definition) is 5. The predicted molar refractivity (Wildman–Crippen MR) is 51.4 cm³/mol. The maximum absolute atomic E-state index is 11.2. The maximum atomic E-state index is 11.2. The Hall–Kier alpha value is -1.41. The molecular formula is C7H11N3O4S. The van der Waals surface area contributed by atoms with Crippen molar-refractivity contribution in [2.24, 2.45) is 12.2 Å². The van der Waals surface area contributed by atoms with Crippen LogP contribution >= 0.6 is 0 Å². The predicted octanol–water partition coefficient (Wildman–Crippen LogP) is -1.00. The van der Waals surface area contributed by atoms with Gasteiger partial charge in [-0.15, -0.1) is 0 Å². The van der Waals surface area contributed by atoms with Crippen LogP contribution in [0.1, 0.15) is 16.1 Å². The van der Waals surface area contributed by atoms with Crippen LogP contribution in [-0.2, 0) is 27.6 Å².